The van der Waals surface area contributed by atoms with E-state index in [9.17, 15) is 19.7 Å². The molecule has 7 rings (SSSR count). The molecule has 3 aromatic carbocycles. The molecule has 0 spiro atoms. The Morgan fingerprint density at radius 3 is 2.70 bits per heavy atom. The van der Waals surface area contributed by atoms with Crippen molar-refractivity contribution in [3.63, 3.8) is 0 Å². The molecule has 0 unspecified atom stereocenters. The molecular formula is C32H25N5O4S3. The van der Waals surface area contributed by atoms with Crippen LogP contribution in [-0.2, 0) is 12.8 Å². The number of thiazole rings is 1. The molecule has 0 saturated carbocycles. The number of benzene rings is 3. The summed E-state index contributed by atoms with van der Waals surface area (Å²) in [5.74, 6) is 0.125. The third-order valence-electron chi connectivity index (χ3n) is 7.72. The van der Waals surface area contributed by atoms with Gasteiger partial charge in [0.2, 0.25) is 0 Å². The van der Waals surface area contributed by atoms with Crippen LogP contribution >= 0.6 is 34.4 Å². The number of fused-ring (bicyclic) bond motifs is 4. The average Bonchev–Trinajstić information content (AvgIpc) is 3.49. The number of aromatic amines is 1. The number of rotatable bonds is 6. The largest absolute Gasteiger partial charge is 0.322 e. The van der Waals surface area contributed by atoms with Gasteiger partial charge in [-0.25, -0.2) is 9.97 Å². The number of aromatic nitrogens is 3. The summed E-state index contributed by atoms with van der Waals surface area (Å²) in [5, 5.41) is 15.7. The first kappa shape index (κ1) is 28.4. The minimum atomic E-state index is -0.428. The van der Waals surface area contributed by atoms with Crippen molar-refractivity contribution in [3.05, 3.63) is 103 Å². The van der Waals surface area contributed by atoms with Gasteiger partial charge in [-0.1, -0.05) is 36.4 Å². The van der Waals surface area contributed by atoms with Gasteiger partial charge in [-0.3, -0.25) is 19.7 Å². The van der Waals surface area contributed by atoms with Crippen molar-refractivity contribution >= 4 is 72.2 Å². The fourth-order valence-electron chi connectivity index (χ4n) is 5.52. The van der Waals surface area contributed by atoms with Gasteiger partial charge in [-0.05, 0) is 80.1 Å². The van der Waals surface area contributed by atoms with Gasteiger partial charge in [0.15, 0.2) is 4.34 Å². The van der Waals surface area contributed by atoms with Crippen molar-refractivity contribution in [2.75, 3.05) is 5.32 Å². The lowest BCUT2D eigenvalue weighted by Crippen LogP contribution is -2.13. The fraction of sp³-hybridized carbons (Fsp3) is 0.188. The van der Waals surface area contributed by atoms with E-state index in [0.29, 0.717) is 42.1 Å². The highest BCUT2D eigenvalue weighted by Gasteiger charge is 2.22. The average molecular weight is 640 g/mol. The number of nitro benzene ring substituents is 1. The maximum Gasteiger partial charge on any atom is 0.284 e. The Bertz CT molecular complexity index is 2170. The zero-order valence-electron chi connectivity index (χ0n) is 23.5. The van der Waals surface area contributed by atoms with Gasteiger partial charge in [0, 0.05) is 27.8 Å². The molecule has 0 aliphatic heterocycles. The summed E-state index contributed by atoms with van der Waals surface area (Å²) in [4.78, 5) is 52.2. The number of anilines is 1. The van der Waals surface area contributed by atoms with Crippen molar-refractivity contribution in [1.82, 2.24) is 15.0 Å². The molecular weight excluding hydrogens is 615 g/mol. The Labute approximate surface area is 263 Å². The smallest absolute Gasteiger partial charge is 0.284 e. The van der Waals surface area contributed by atoms with Gasteiger partial charge in [0.25, 0.3) is 17.2 Å². The van der Waals surface area contributed by atoms with E-state index in [0.717, 1.165) is 53.4 Å². The molecule has 12 heteroatoms. The van der Waals surface area contributed by atoms with Gasteiger partial charge in [-0.15, -0.1) is 22.7 Å². The van der Waals surface area contributed by atoms with Crippen LogP contribution in [0.2, 0.25) is 0 Å². The van der Waals surface area contributed by atoms with Gasteiger partial charge in [0.1, 0.15) is 10.7 Å². The summed E-state index contributed by atoms with van der Waals surface area (Å²) in [5.41, 5.74) is 4.15. The number of amides is 1. The lowest BCUT2D eigenvalue weighted by atomic mass is 10.1. The third kappa shape index (κ3) is 5.40. The second-order valence-electron chi connectivity index (χ2n) is 10.6. The number of thiophene rings is 1. The highest BCUT2D eigenvalue weighted by molar-refractivity contribution is 8.01. The van der Waals surface area contributed by atoms with E-state index in [-0.39, 0.29) is 17.2 Å². The second-order valence-corrected chi connectivity index (χ2v) is 14.0. The first-order valence-corrected chi connectivity index (χ1v) is 16.6. The van der Waals surface area contributed by atoms with Gasteiger partial charge in [0.05, 0.1) is 25.4 Å². The standard InChI is InChI=1S/C32H25N5O4S3/c1-17-7-5-6-8-20(17)29(38)33-19-12-13-22-26(16-19)44-32(34-22)43-25-14-11-18(15-23(25)37(40)41)28-35-30(39)27-21-9-3-2-4-10-24(21)42-31(27)36-28/h5-8,11-16H,2-4,9-10H2,1H3,(H,33,38)(H,35,36,39). The summed E-state index contributed by atoms with van der Waals surface area (Å²) in [6.45, 7) is 1.89. The van der Waals surface area contributed by atoms with Crippen molar-refractivity contribution in [2.45, 2.75) is 48.3 Å². The number of carbonyl (C=O) groups excluding carboxylic acids is 1. The van der Waals surface area contributed by atoms with Crippen molar-refractivity contribution in [2.24, 2.45) is 0 Å². The number of nitrogens with one attached hydrogen (secondary N) is 2. The van der Waals surface area contributed by atoms with E-state index in [1.165, 1.54) is 34.0 Å². The SMILES string of the molecule is Cc1ccccc1C(=O)Nc1ccc2nc(Sc3ccc(-c4nc5sc6c(c5c(=O)[nH]4)CCCCC6)cc3[N+](=O)[O-])sc2c1. The Morgan fingerprint density at radius 1 is 1.02 bits per heavy atom. The molecule has 1 aliphatic carbocycles. The Morgan fingerprint density at radius 2 is 1.86 bits per heavy atom. The highest BCUT2D eigenvalue weighted by atomic mass is 32.2. The number of hydrogen-bond donors (Lipinski definition) is 2. The number of nitrogens with zero attached hydrogens (tertiary/aromatic N) is 3. The zero-order chi connectivity index (χ0) is 30.4. The van der Waals surface area contributed by atoms with E-state index in [2.05, 4.69) is 15.3 Å². The summed E-state index contributed by atoms with van der Waals surface area (Å²) in [6, 6.07) is 17.7. The molecule has 0 bridgehead atoms. The lowest BCUT2D eigenvalue weighted by molar-refractivity contribution is -0.387. The lowest BCUT2D eigenvalue weighted by Gasteiger charge is -2.07. The maximum atomic E-state index is 13.1. The van der Waals surface area contributed by atoms with Crippen LogP contribution in [0.3, 0.4) is 0 Å². The van der Waals surface area contributed by atoms with Crippen molar-refractivity contribution in [1.29, 1.82) is 0 Å². The predicted molar refractivity (Wildman–Crippen MR) is 176 cm³/mol. The summed E-state index contributed by atoms with van der Waals surface area (Å²) < 4.78 is 1.48. The summed E-state index contributed by atoms with van der Waals surface area (Å²) in [6.07, 6.45) is 5.16. The second kappa shape index (κ2) is 11.6. The van der Waals surface area contributed by atoms with E-state index in [1.54, 1.807) is 35.6 Å². The number of aryl methyl sites for hydroxylation is 3. The van der Waals surface area contributed by atoms with Gasteiger partial charge < -0.3 is 10.3 Å². The topological polar surface area (TPSA) is 131 Å². The fourth-order valence-corrected chi connectivity index (χ4v) is 8.93. The van der Waals surface area contributed by atoms with E-state index < -0.39 is 4.92 Å². The molecule has 0 fully saturated rings. The molecule has 2 N–H and O–H groups in total. The molecule has 0 radical (unpaired) electrons. The minimum absolute atomic E-state index is 0.0948. The maximum absolute atomic E-state index is 13.1. The monoisotopic (exact) mass is 639 g/mol. The van der Waals surface area contributed by atoms with Crippen LogP contribution in [0.25, 0.3) is 31.8 Å². The summed E-state index contributed by atoms with van der Waals surface area (Å²) in [7, 11) is 0. The molecule has 3 aromatic heterocycles. The Hall–Kier alpha value is -4.39. The van der Waals surface area contributed by atoms with Crippen LogP contribution in [0.1, 0.15) is 45.6 Å². The number of hydrogen-bond acceptors (Lipinski definition) is 9. The molecule has 0 saturated heterocycles. The number of carbonyl (C=O) groups is 1. The van der Waals surface area contributed by atoms with E-state index in [4.69, 9.17) is 4.98 Å². The number of H-pyrrole nitrogens is 1. The van der Waals surface area contributed by atoms with Crippen LogP contribution in [0.15, 0.2) is 74.7 Å². The summed E-state index contributed by atoms with van der Waals surface area (Å²) >= 11 is 4.15. The zero-order valence-corrected chi connectivity index (χ0v) is 26.0. The van der Waals surface area contributed by atoms with Crippen molar-refractivity contribution < 1.29 is 9.72 Å². The van der Waals surface area contributed by atoms with Crippen LogP contribution in [0.4, 0.5) is 11.4 Å². The predicted octanol–water partition coefficient (Wildman–Crippen LogP) is 8.15. The van der Waals surface area contributed by atoms with Crippen molar-refractivity contribution in [3.8, 4) is 11.4 Å². The van der Waals surface area contributed by atoms with Crippen LogP contribution in [0, 0.1) is 17.0 Å². The van der Waals surface area contributed by atoms with Crippen LogP contribution in [0.5, 0.6) is 0 Å². The van der Waals surface area contributed by atoms with E-state index in [1.807, 2.05) is 37.3 Å². The highest BCUT2D eigenvalue weighted by Crippen LogP contribution is 2.41. The van der Waals surface area contributed by atoms with Crippen LogP contribution < -0.4 is 10.9 Å². The van der Waals surface area contributed by atoms with Crippen LogP contribution in [-0.4, -0.2) is 25.8 Å². The quantitative estimate of drug-likeness (QED) is 0.107. The Kier molecular flexibility index (Phi) is 7.48. The molecule has 44 heavy (non-hydrogen) atoms. The first-order valence-electron chi connectivity index (χ1n) is 14.1. The first-order chi connectivity index (χ1) is 21.3. The Balaban J connectivity index is 1.16. The number of nitro groups is 1. The minimum Gasteiger partial charge on any atom is -0.322 e. The molecule has 1 aliphatic rings. The molecule has 6 aromatic rings. The normalized spacial score (nSPS) is 13.1. The molecule has 220 valence electrons. The molecule has 0 atom stereocenters. The molecule has 3 heterocycles. The van der Waals surface area contributed by atoms with E-state index >= 15 is 0 Å². The molecule has 1 amide bonds. The molecule has 9 nitrogen and oxygen atoms in total. The third-order valence-corrected chi connectivity index (χ3v) is 11.0. The van der Waals surface area contributed by atoms with Gasteiger partial charge in [-0.2, -0.15) is 0 Å². The van der Waals surface area contributed by atoms with Gasteiger partial charge >= 0.3 is 0 Å².